The second kappa shape index (κ2) is 14.0. The van der Waals surface area contributed by atoms with Crippen molar-refractivity contribution in [3.8, 4) is 0 Å². The summed E-state index contributed by atoms with van der Waals surface area (Å²) in [6, 6.07) is 14.3. The van der Waals surface area contributed by atoms with Crippen LogP contribution in [0.15, 0.2) is 48.5 Å². The molecule has 2 aromatic rings. The Morgan fingerprint density at radius 3 is 2.29 bits per heavy atom. The Hall–Kier alpha value is -2.58. The highest BCUT2D eigenvalue weighted by atomic mass is 35.5. The van der Waals surface area contributed by atoms with Gasteiger partial charge < -0.3 is 10.2 Å². The lowest BCUT2D eigenvalue weighted by molar-refractivity contribution is -0.141. The third-order valence-electron chi connectivity index (χ3n) is 7.17. The molecule has 3 rings (SSSR count). The number of benzene rings is 2. The number of amides is 2. The summed E-state index contributed by atoms with van der Waals surface area (Å²) in [5.41, 5.74) is 2.46. The first kappa shape index (κ1) is 30.0. The van der Waals surface area contributed by atoms with Gasteiger partial charge in [0.15, 0.2) is 0 Å². The molecule has 2 aromatic carbocycles. The van der Waals surface area contributed by atoms with E-state index in [2.05, 4.69) is 5.32 Å². The Kier molecular flexibility index (Phi) is 11.0. The van der Waals surface area contributed by atoms with Gasteiger partial charge in [0.05, 0.1) is 11.9 Å². The van der Waals surface area contributed by atoms with E-state index in [1.54, 1.807) is 23.1 Å². The topological polar surface area (TPSA) is 86.8 Å². The predicted molar refractivity (Wildman–Crippen MR) is 154 cm³/mol. The van der Waals surface area contributed by atoms with Gasteiger partial charge in [0.1, 0.15) is 6.04 Å². The van der Waals surface area contributed by atoms with Crippen LogP contribution in [-0.4, -0.2) is 50.0 Å². The van der Waals surface area contributed by atoms with Gasteiger partial charge in [-0.2, -0.15) is 0 Å². The van der Waals surface area contributed by atoms with Crippen LogP contribution in [0.2, 0.25) is 5.02 Å². The molecule has 1 fully saturated rings. The Bertz CT molecular complexity index is 1180. The molecule has 38 heavy (non-hydrogen) atoms. The number of sulfonamides is 1. The fourth-order valence-electron chi connectivity index (χ4n) is 5.00. The summed E-state index contributed by atoms with van der Waals surface area (Å²) in [5, 5.41) is 3.67. The van der Waals surface area contributed by atoms with Gasteiger partial charge in [-0.1, -0.05) is 68.6 Å². The number of hydrogen-bond donors (Lipinski definition) is 1. The average Bonchev–Trinajstić information content (AvgIpc) is 3.40. The number of aryl methyl sites for hydroxylation is 1. The van der Waals surface area contributed by atoms with E-state index in [1.807, 2.05) is 44.2 Å². The SMILES string of the molecule is CCc1ccc(N(CCCC(=O)N(Cc2ccccc2Cl)[C@@H](CC)C(=O)NC2CCCC2)S(C)(=O)=O)cc1. The molecule has 0 unspecified atom stereocenters. The number of carbonyl (C=O) groups excluding carboxylic acids is 2. The molecule has 1 N–H and O–H groups in total. The van der Waals surface area contributed by atoms with E-state index >= 15 is 0 Å². The van der Waals surface area contributed by atoms with Gasteiger partial charge in [-0.15, -0.1) is 0 Å². The second-order valence-corrected chi connectivity index (χ2v) is 12.3. The summed E-state index contributed by atoms with van der Waals surface area (Å²) < 4.78 is 26.4. The zero-order valence-electron chi connectivity index (χ0n) is 22.7. The Labute approximate surface area is 232 Å². The average molecular weight is 562 g/mol. The lowest BCUT2D eigenvalue weighted by Gasteiger charge is -2.32. The van der Waals surface area contributed by atoms with Gasteiger partial charge in [0.25, 0.3) is 0 Å². The second-order valence-electron chi connectivity index (χ2n) is 9.99. The molecule has 0 bridgehead atoms. The van der Waals surface area contributed by atoms with Crippen LogP contribution >= 0.6 is 11.6 Å². The Balaban J connectivity index is 1.75. The molecule has 1 aliphatic carbocycles. The number of carbonyl (C=O) groups is 2. The smallest absolute Gasteiger partial charge is 0.243 e. The highest BCUT2D eigenvalue weighted by molar-refractivity contribution is 7.92. The van der Waals surface area contributed by atoms with Crippen molar-refractivity contribution in [1.82, 2.24) is 10.2 Å². The van der Waals surface area contributed by atoms with E-state index in [0.717, 1.165) is 43.2 Å². The predicted octanol–water partition coefficient (Wildman–Crippen LogP) is 5.31. The molecule has 9 heteroatoms. The minimum Gasteiger partial charge on any atom is -0.352 e. The van der Waals surface area contributed by atoms with Gasteiger partial charge in [-0.05, 0) is 61.4 Å². The summed E-state index contributed by atoms with van der Waals surface area (Å²) in [6.07, 6.45) is 7.05. The van der Waals surface area contributed by atoms with Gasteiger partial charge in [0, 0.05) is 30.6 Å². The quantitative estimate of drug-likeness (QED) is 0.359. The van der Waals surface area contributed by atoms with E-state index in [1.165, 1.54) is 10.6 Å². The molecule has 1 atom stereocenters. The molecule has 0 radical (unpaired) electrons. The Morgan fingerprint density at radius 2 is 1.71 bits per heavy atom. The maximum Gasteiger partial charge on any atom is 0.243 e. The molecule has 0 saturated heterocycles. The van der Waals surface area contributed by atoms with Crippen LogP contribution in [0.4, 0.5) is 5.69 Å². The normalized spacial score (nSPS) is 14.7. The number of nitrogens with zero attached hydrogens (tertiary/aromatic N) is 2. The highest BCUT2D eigenvalue weighted by Gasteiger charge is 2.31. The molecular weight excluding hydrogens is 522 g/mol. The molecular formula is C29H40ClN3O4S. The summed E-state index contributed by atoms with van der Waals surface area (Å²) >= 11 is 6.41. The van der Waals surface area contributed by atoms with E-state index in [4.69, 9.17) is 11.6 Å². The van der Waals surface area contributed by atoms with Gasteiger partial charge >= 0.3 is 0 Å². The van der Waals surface area contributed by atoms with Crippen LogP contribution in [0.5, 0.6) is 0 Å². The van der Waals surface area contributed by atoms with Crippen LogP contribution in [0.25, 0.3) is 0 Å². The van der Waals surface area contributed by atoms with Crippen molar-refractivity contribution in [3.05, 3.63) is 64.7 Å². The molecule has 7 nitrogen and oxygen atoms in total. The Morgan fingerprint density at radius 1 is 1.05 bits per heavy atom. The van der Waals surface area contributed by atoms with E-state index < -0.39 is 16.1 Å². The number of hydrogen-bond acceptors (Lipinski definition) is 4. The zero-order chi connectivity index (χ0) is 27.7. The fourth-order valence-corrected chi connectivity index (χ4v) is 6.16. The van der Waals surface area contributed by atoms with Crippen LogP contribution in [-0.2, 0) is 32.6 Å². The van der Waals surface area contributed by atoms with Crippen LogP contribution in [0.3, 0.4) is 0 Å². The number of rotatable bonds is 13. The fraction of sp³-hybridized carbons (Fsp3) is 0.517. The molecule has 0 aromatic heterocycles. The molecule has 0 heterocycles. The molecule has 208 valence electrons. The molecule has 1 saturated carbocycles. The maximum atomic E-state index is 13.6. The van der Waals surface area contributed by atoms with Crippen molar-refractivity contribution < 1.29 is 18.0 Å². The van der Waals surface area contributed by atoms with Crippen molar-refractivity contribution in [2.75, 3.05) is 17.1 Å². The third-order valence-corrected chi connectivity index (χ3v) is 8.73. The molecule has 0 spiro atoms. The number of nitrogens with one attached hydrogen (secondary N) is 1. The van der Waals surface area contributed by atoms with E-state index in [9.17, 15) is 18.0 Å². The maximum absolute atomic E-state index is 13.6. The van der Waals surface area contributed by atoms with Crippen molar-refractivity contribution in [2.24, 2.45) is 0 Å². The first-order valence-corrected chi connectivity index (χ1v) is 15.8. The summed E-state index contributed by atoms with van der Waals surface area (Å²) in [7, 11) is -3.53. The number of halogens is 1. The van der Waals surface area contributed by atoms with Crippen molar-refractivity contribution in [3.63, 3.8) is 0 Å². The minimum absolute atomic E-state index is 0.108. The third kappa shape index (κ3) is 8.21. The van der Waals surface area contributed by atoms with Gasteiger partial charge in [0.2, 0.25) is 21.8 Å². The van der Waals surface area contributed by atoms with Crippen LogP contribution < -0.4 is 9.62 Å². The lowest BCUT2D eigenvalue weighted by Crippen LogP contribution is -2.51. The first-order valence-electron chi connectivity index (χ1n) is 13.5. The van der Waals surface area contributed by atoms with Gasteiger partial charge in [-0.3, -0.25) is 13.9 Å². The first-order chi connectivity index (χ1) is 18.1. The van der Waals surface area contributed by atoms with Crippen molar-refractivity contribution >= 4 is 39.1 Å². The minimum atomic E-state index is -3.53. The summed E-state index contributed by atoms with van der Waals surface area (Å²) in [4.78, 5) is 28.5. The highest BCUT2D eigenvalue weighted by Crippen LogP contribution is 2.23. The molecule has 1 aliphatic rings. The van der Waals surface area contributed by atoms with E-state index in [-0.39, 0.29) is 37.4 Å². The van der Waals surface area contributed by atoms with Crippen LogP contribution in [0, 0.1) is 0 Å². The zero-order valence-corrected chi connectivity index (χ0v) is 24.2. The summed E-state index contributed by atoms with van der Waals surface area (Å²) in [6.45, 7) is 4.32. The van der Waals surface area contributed by atoms with Gasteiger partial charge in [-0.25, -0.2) is 8.42 Å². The largest absolute Gasteiger partial charge is 0.352 e. The van der Waals surface area contributed by atoms with Crippen molar-refractivity contribution in [1.29, 1.82) is 0 Å². The lowest BCUT2D eigenvalue weighted by atomic mass is 10.1. The standard InChI is InChI=1S/C29H40ClN3O4S/c1-4-22-16-18-25(19-17-22)33(38(3,36)37)20-10-15-28(34)32(21-23-11-6-9-14-26(23)30)27(5-2)29(35)31-24-12-7-8-13-24/h6,9,11,14,16-19,24,27H,4-5,7-8,10,12-13,15,20-21H2,1-3H3,(H,31,35)/t27-/m0/s1. The molecule has 0 aliphatic heterocycles. The van der Waals surface area contributed by atoms with Crippen LogP contribution in [0.1, 0.15) is 69.9 Å². The van der Waals surface area contributed by atoms with Crippen molar-refractivity contribution in [2.45, 2.75) is 83.8 Å². The molecule has 2 amide bonds. The summed E-state index contributed by atoms with van der Waals surface area (Å²) in [5.74, 6) is -0.346. The monoisotopic (exact) mass is 561 g/mol. The number of anilines is 1. The van der Waals surface area contributed by atoms with E-state index in [0.29, 0.717) is 23.6 Å².